The quantitative estimate of drug-likeness (QED) is 0.823. The number of aliphatic hydroxyl groups excluding tert-OH is 1. The molecule has 1 aromatic carbocycles. The van der Waals surface area contributed by atoms with Crippen molar-refractivity contribution >= 4 is 0 Å². The van der Waals surface area contributed by atoms with Crippen molar-refractivity contribution in [3.05, 3.63) is 28.8 Å². The van der Waals surface area contributed by atoms with E-state index >= 15 is 0 Å². The van der Waals surface area contributed by atoms with Crippen LogP contribution >= 0.6 is 0 Å². The SMILES string of the molecule is Cc1cc(CO)cc(C)c1OCCCC(F)(F)F. The fourth-order valence-corrected chi connectivity index (χ4v) is 1.81. The summed E-state index contributed by atoms with van der Waals surface area (Å²) in [5.74, 6) is 0.606. The van der Waals surface area contributed by atoms with Crippen LogP contribution in [0.25, 0.3) is 0 Å². The normalized spacial score (nSPS) is 11.7. The number of hydrogen-bond acceptors (Lipinski definition) is 2. The largest absolute Gasteiger partial charge is 0.493 e. The first-order valence-electron chi connectivity index (χ1n) is 5.74. The number of benzene rings is 1. The van der Waals surface area contributed by atoms with Gasteiger partial charge in [-0.1, -0.05) is 12.1 Å². The molecule has 18 heavy (non-hydrogen) atoms. The lowest BCUT2D eigenvalue weighted by Gasteiger charge is -2.14. The summed E-state index contributed by atoms with van der Waals surface area (Å²) in [4.78, 5) is 0. The van der Waals surface area contributed by atoms with E-state index in [9.17, 15) is 13.2 Å². The first-order chi connectivity index (χ1) is 8.33. The minimum atomic E-state index is -4.13. The lowest BCUT2D eigenvalue weighted by Crippen LogP contribution is -2.10. The Kier molecular flexibility index (Phi) is 5.02. The van der Waals surface area contributed by atoms with Gasteiger partial charge < -0.3 is 9.84 Å². The predicted octanol–water partition coefficient (Wildman–Crippen LogP) is 3.52. The lowest BCUT2D eigenvalue weighted by molar-refractivity contribution is -0.136. The highest BCUT2D eigenvalue weighted by molar-refractivity contribution is 5.43. The molecular weight excluding hydrogens is 245 g/mol. The van der Waals surface area contributed by atoms with E-state index in [1.54, 1.807) is 12.1 Å². The van der Waals surface area contributed by atoms with Gasteiger partial charge in [-0.15, -0.1) is 0 Å². The fourth-order valence-electron chi connectivity index (χ4n) is 1.81. The summed E-state index contributed by atoms with van der Waals surface area (Å²) in [6.45, 7) is 3.60. The molecule has 102 valence electrons. The Morgan fingerprint density at radius 1 is 1.17 bits per heavy atom. The Hall–Kier alpha value is -1.23. The summed E-state index contributed by atoms with van der Waals surface area (Å²) in [6.07, 6.45) is -5.02. The zero-order valence-electron chi connectivity index (χ0n) is 10.5. The Morgan fingerprint density at radius 3 is 2.17 bits per heavy atom. The van der Waals surface area contributed by atoms with Gasteiger partial charge in [-0.2, -0.15) is 13.2 Å². The molecule has 0 atom stereocenters. The van der Waals surface area contributed by atoms with Gasteiger partial charge in [0.05, 0.1) is 13.2 Å². The van der Waals surface area contributed by atoms with Gasteiger partial charge >= 0.3 is 6.18 Å². The van der Waals surface area contributed by atoms with Crippen LogP contribution in [0.3, 0.4) is 0 Å². The molecular formula is C13H17F3O2. The van der Waals surface area contributed by atoms with E-state index < -0.39 is 12.6 Å². The summed E-state index contributed by atoms with van der Waals surface area (Å²) in [6, 6.07) is 3.54. The molecule has 0 heterocycles. The van der Waals surface area contributed by atoms with Crippen LogP contribution in [0.1, 0.15) is 29.5 Å². The number of rotatable bonds is 5. The molecule has 0 unspecified atom stereocenters. The number of aliphatic hydroxyl groups is 1. The van der Waals surface area contributed by atoms with Crippen molar-refractivity contribution in [1.82, 2.24) is 0 Å². The van der Waals surface area contributed by atoms with Crippen molar-refractivity contribution in [2.45, 2.75) is 39.5 Å². The van der Waals surface area contributed by atoms with Crippen LogP contribution in [0, 0.1) is 13.8 Å². The van der Waals surface area contributed by atoms with E-state index in [1.807, 2.05) is 13.8 Å². The maximum Gasteiger partial charge on any atom is 0.389 e. The zero-order valence-corrected chi connectivity index (χ0v) is 10.5. The third kappa shape index (κ3) is 4.56. The van der Waals surface area contributed by atoms with E-state index in [2.05, 4.69) is 0 Å². The van der Waals surface area contributed by atoms with Crippen molar-refractivity contribution in [3.63, 3.8) is 0 Å². The van der Waals surface area contributed by atoms with Gasteiger partial charge in [-0.25, -0.2) is 0 Å². The predicted molar refractivity (Wildman–Crippen MR) is 62.6 cm³/mol. The van der Waals surface area contributed by atoms with Gasteiger partial charge in [0.25, 0.3) is 0 Å². The van der Waals surface area contributed by atoms with E-state index in [1.165, 1.54) is 0 Å². The fraction of sp³-hybridized carbons (Fsp3) is 0.538. The minimum absolute atomic E-state index is 0.0413. The summed E-state index contributed by atoms with van der Waals surface area (Å²) in [5, 5.41) is 9.02. The standard InChI is InChI=1S/C13H17F3O2/c1-9-6-11(8-17)7-10(2)12(9)18-5-3-4-13(14,15)16/h6-7,17H,3-5,8H2,1-2H3. The van der Waals surface area contributed by atoms with Gasteiger partial charge in [0.1, 0.15) is 5.75 Å². The molecule has 0 radical (unpaired) electrons. The van der Waals surface area contributed by atoms with Crippen LogP contribution in [0.15, 0.2) is 12.1 Å². The molecule has 5 heteroatoms. The van der Waals surface area contributed by atoms with E-state index in [0.29, 0.717) is 5.75 Å². The van der Waals surface area contributed by atoms with Gasteiger partial charge in [-0.3, -0.25) is 0 Å². The van der Waals surface area contributed by atoms with Crippen LogP contribution in [-0.2, 0) is 6.61 Å². The number of hydrogen-bond donors (Lipinski definition) is 1. The molecule has 1 N–H and O–H groups in total. The maximum absolute atomic E-state index is 12.0. The van der Waals surface area contributed by atoms with Crippen LogP contribution < -0.4 is 4.74 Å². The first kappa shape index (κ1) is 14.8. The molecule has 0 amide bonds. The zero-order chi connectivity index (χ0) is 13.8. The second kappa shape index (κ2) is 6.09. The van der Waals surface area contributed by atoms with Crippen molar-refractivity contribution in [2.75, 3.05) is 6.61 Å². The van der Waals surface area contributed by atoms with Crippen molar-refractivity contribution < 1.29 is 23.0 Å². The van der Waals surface area contributed by atoms with Crippen LogP contribution in [0.5, 0.6) is 5.75 Å². The highest BCUT2D eigenvalue weighted by Crippen LogP contribution is 2.26. The molecule has 2 nitrogen and oxygen atoms in total. The van der Waals surface area contributed by atoms with Crippen LogP contribution in [0.2, 0.25) is 0 Å². The molecule has 0 bridgehead atoms. The molecule has 1 aromatic rings. The molecule has 1 rings (SSSR count). The number of aryl methyl sites for hydroxylation is 2. The summed E-state index contributed by atoms with van der Waals surface area (Å²) in [5.41, 5.74) is 2.42. The van der Waals surface area contributed by atoms with Crippen molar-refractivity contribution in [1.29, 1.82) is 0 Å². The van der Waals surface area contributed by atoms with Crippen molar-refractivity contribution in [2.24, 2.45) is 0 Å². The second-order valence-electron chi connectivity index (χ2n) is 4.28. The Bertz CT molecular complexity index is 377. The maximum atomic E-state index is 12.0. The Labute approximate surface area is 104 Å². The first-order valence-corrected chi connectivity index (χ1v) is 5.74. The third-order valence-electron chi connectivity index (χ3n) is 2.55. The molecule has 0 aromatic heterocycles. The van der Waals surface area contributed by atoms with E-state index in [4.69, 9.17) is 9.84 Å². The molecule has 0 saturated carbocycles. The van der Waals surface area contributed by atoms with Crippen LogP contribution in [-0.4, -0.2) is 17.9 Å². The van der Waals surface area contributed by atoms with Gasteiger partial charge in [0.2, 0.25) is 0 Å². The number of halogens is 3. The van der Waals surface area contributed by atoms with E-state index in [-0.39, 0.29) is 19.6 Å². The lowest BCUT2D eigenvalue weighted by atomic mass is 10.1. The molecule has 0 aliphatic rings. The number of ether oxygens (including phenoxy) is 1. The minimum Gasteiger partial charge on any atom is -0.493 e. The topological polar surface area (TPSA) is 29.5 Å². The smallest absolute Gasteiger partial charge is 0.389 e. The highest BCUT2D eigenvalue weighted by atomic mass is 19.4. The average molecular weight is 262 g/mol. The van der Waals surface area contributed by atoms with Gasteiger partial charge in [0.15, 0.2) is 0 Å². The summed E-state index contributed by atoms with van der Waals surface area (Å²) >= 11 is 0. The Morgan fingerprint density at radius 2 is 1.72 bits per heavy atom. The average Bonchev–Trinajstić information content (AvgIpc) is 2.25. The van der Waals surface area contributed by atoms with Crippen LogP contribution in [0.4, 0.5) is 13.2 Å². The van der Waals surface area contributed by atoms with Gasteiger partial charge in [-0.05, 0) is 37.0 Å². The van der Waals surface area contributed by atoms with Gasteiger partial charge in [0, 0.05) is 6.42 Å². The highest BCUT2D eigenvalue weighted by Gasteiger charge is 2.26. The molecule has 0 aliphatic carbocycles. The molecule has 0 fully saturated rings. The Balaban J connectivity index is 2.57. The monoisotopic (exact) mass is 262 g/mol. The third-order valence-corrected chi connectivity index (χ3v) is 2.55. The molecule has 0 spiro atoms. The molecule has 0 aliphatic heterocycles. The van der Waals surface area contributed by atoms with Crippen molar-refractivity contribution in [3.8, 4) is 5.75 Å². The second-order valence-corrected chi connectivity index (χ2v) is 4.28. The summed E-state index contributed by atoms with van der Waals surface area (Å²) < 4.78 is 41.2. The number of alkyl halides is 3. The van der Waals surface area contributed by atoms with E-state index in [0.717, 1.165) is 16.7 Å². The summed E-state index contributed by atoms with van der Waals surface area (Å²) in [7, 11) is 0. The molecule has 0 saturated heterocycles.